The summed E-state index contributed by atoms with van der Waals surface area (Å²) in [6.07, 6.45) is 6.32. The number of hydrogen-bond acceptors (Lipinski definition) is 4. The molecule has 0 aliphatic heterocycles. The normalized spacial score (nSPS) is 18.6. The van der Waals surface area contributed by atoms with Crippen molar-refractivity contribution in [2.24, 2.45) is 7.05 Å². The van der Waals surface area contributed by atoms with Gasteiger partial charge >= 0.3 is 0 Å². The lowest BCUT2D eigenvalue weighted by molar-refractivity contribution is 0.401. The third kappa shape index (κ3) is 2.52. The van der Waals surface area contributed by atoms with Crippen molar-refractivity contribution in [3.63, 3.8) is 0 Å². The quantitative estimate of drug-likeness (QED) is 0.934. The summed E-state index contributed by atoms with van der Waals surface area (Å²) < 4.78 is 1.99. The topological polar surface area (TPSA) is 55.6 Å². The summed E-state index contributed by atoms with van der Waals surface area (Å²) in [5.41, 5.74) is 2.34. The van der Waals surface area contributed by atoms with Crippen LogP contribution in [-0.4, -0.2) is 19.7 Å². The SMILES string of the molecule is Cc1cc(Nc2cc(C3CC3)n(C)n2)nc(C2CCC2)n1. The van der Waals surface area contributed by atoms with Crippen LogP contribution in [0.5, 0.6) is 0 Å². The van der Waals surface area contributed by atoms with E-state index in [1.165, 1.54) is 37.8 Å². The maximum absolute atomic E-state index is 4.68. The molecule has 1 N–H and O–H groups in total. The van der Waals surface area contributed by atoms with Crippen LogP contribution < -0.4 is 5.32 Å². The van der Waals surface area contributed by atoms with E-state index in [1.54, 1.807) is 0 Å². The first-order valence-electron chi connectivity index (χ1n) is 7.85. The number of anilines is 2. The summed E-state index contributed by atoms with van der Waals surface area (Å²) in [4.78, 5) is 9.26. The van der Waals surface area contributed by atoms with Gasteiger partial charge in [-0.05, 0) is 32.6 Å². The Morgan fingerprint density at radius 2 is 1.86 bits per heavy atom. The van der Waals surface area contributed by atoms with Gasteiger partial charge in [0.15, 0.2) is 5.82 Å². The Kier molecular flexibility index (Phi) is 2.94. The van der Waals surface area contributed by atoms with Crippen molar-refractivity contribution in [3.8, 4) is 0 Å². The average molecular weight is 283 g/mol. The number of aryl methyl sites for hydroxylation is 2. The molecule has 0 atom stereocenters. The third-order valence-electron chi connectivity index (χ3n) is 4.51. The van der Waals surface area contributed by atoms with Crippen molar-refractivity contribution >= 4 is 11.6 Å². The predicted octanol–water partition coefficient (Wildman–Crippen LogP) is 3.41. The van der Waals surface area contributed by atoms with Crippen molar-refractivity contribution in [3.05, 3.63) is 29.3 Å². The lowest BCUT2D eigenvalue weighted by Gasteiger charge is -2.24. The Morgan fingerprint density at radius 3 is 2.52 bits per heavy atom. The summed E-state index contributed by atoms with van der Waals surface area (Å²) in [5, 5.41) is 7.90. The van der Waals surface area contributed by atoms with E-state index in [2.05, 4.69) is 26.4 Å². The molecule has 110 valence electrons. The first kappa shape index (κ1) is 12.8. The Labute approximate surface area is 124 Å². The van der Waals surface area contributed by atoms with Gasteiger partial charge in [0, 0.05) is 42.4 Å². The smallest absolute Gasteiger partial charge is 0.153 e. The maximum atomic E-state index is 4.68. The number of aromatic nitrogens is 4. The Bertz CT molecular complexity index is 667. The second-order valence-electron chi connectivity index (χ2n) is 6.36. The van der Waals surface area contributed by atoms with E-state index in [4.69, 9.17) is 0 Å². The monoisotopic (exact) mass is 283 g/mol. The lowest BCUT2D eigenvalue weighted by atomic mass is 9.85. The van der Waals surface area contributed by atoms with Crippen LogP contribution in [0.3, 0.4) is 0 Å². The molecule has 21 heavy (non-hydrogen) atoms. The van der Waals surface area contributed by atoms with Crippen molar-refractivity contribution in [2.45, 2.75) is 50.9 Å². The fraction of sp³-hybridized carbons (Fsp3) is 0.562. The molecule has 4 rings (SSSR count). The summed E-state index contributed by atoms with van der Waals surface area (Å²) in [6, 6.07) is 4.14. The zero-order valence-corrected chi connectivity index (χ0v) is 12.6. The molecule has 2 aromatic rings. The molecule has 0 unspecified atom stereocenters. The first-order chi connectivity index (χ1) is 10.2. The predicted molar refractivity (Wildman–Crippen MR) is 81.8 cm³/mol. The van der Waals surface area contributed by atoms with E-state index in [9.17, 15) is 0 Å². The fourth-order valence-corrected chi connectivity index (χ4v) is 2.94. The van der Waals surface area contributed by atoms with Crippen molar-refractivity contribution in [1.82, 2.24) is 19.7 Å². The Hall–Kier alpha value is -1.91. The summed E-state index contributed by atoms with van der Waals surface area (Å²) >= 11 is 0. The molecule has 2 saturated carbocycles. The van der Waals surface area contributed by atoms with Gasteiger partial charge in [0.1, 0.15) is 11.6 Å². The second kappa shape index (κ2) is 4.83. The number of rotatable bonds is 4. The van der Waals surface area contributed by atoms with E-state index in [1.807, 2.05) is 24.7 Å². The minimum atomic E-state index is 0.552. The molecular weight excluding hydrogens is 262 g/mol. The third-order valence-corrected chi connectivity index (χ3v) is 4.51. The van der Waals surface area contributed by atoms with Gasteiger partial charge in [-0.3, -0.25) is 4.68 Å². The zero-order chi connectivity index (χ0) is 14.4. The summed E-state index contributed by atoms with van der Waals surface area (Å²) in [6.45, 7) is 2.03. The standard InChI is InChI=1S/C16H21N5/c1-10-8-14(19-16(17-10)12-4-3-5-12)18-15-9-13(11-6-7-11)21(2)20-15/h8-9,11-12H,3-7H2,1-2H3,(H,17,18,19,20). The van der Waals surface area contributed by atoms with Gasteiger partial charge in [0.25, 0.3) is 0 Å². The molecule has 2 aliphatic carbocycles. The molecule has 0 saturated heterocycles. The van der Waals surface area contributed by atoms with Crippen LogP contribution in [0.25, 0.3) is 0 Å². The van der Waals surface area contributed by atoms with Gasteiger partial charge in [-0.25, -0.2) is 9.97 Å². The highest BCUT2D eigenvalue weighted by Crippen LogP contribution is 2.40. The maximum Gasteiger partial charge on any atom is 0.153 e. The molecule has 0 bridgehead atoms. The van der Waals surface area contributed by atoms with Crippen LogP contribution in [0.4, 0.5) is 11.6 Å². The van der Waals surface area contributed by atoms with E-state index in [-0.39, 0.29) is 0 Å². The second-order valence-corrected chi connectivity index (χ2v) is 6.36. The highest BCUT2D eigenvalue weighted by Gasteiger charge is 2.27. The van der Waals surface area contributed by atoms with Gasteiger partial charge in [-0.15, -0.1) is 0 Å². The molecule has 5 nitrogen and oxygen atoms in total. The molecule has 0 radical (unpaired) electrons. The van der Waals surface area contributed by atoms with E-state index < -0.39 is 0 Å². The molecule has 2 aliphatic rings. The number of nitrogens with one attached hydrogen (secondary N) is 1. The average Bonchev–Trinajstić information content (AvgIpc) is 3.11. The largest absolute Gasteiger partial charge is 0.323 e. The van der Waals surface area contributed by atoms with E-state index in [0.717, 1.165) is 23.2 Å². The molecule has 2 fully saturated rings. The van der Waals surface area contributed by atoms with Gasteiger partial charge in [-0.2, -0.15) is 5.10 Å². The zero-order valence-electron chi connectivity index (χ0n) is 12.6. The van der Waals surface area contributed by atoms with Crippen molar-refractivity contribution < 1.29 is 0 Å². The van der Waals surface area contributed by atoms with Crippen molar-refractivity contribution in [2.75, 3.05) is 5.32 Å². The Balaban J connectivity index is 1.58. The minimum Gasteiger partial charge on any atom is -0.323 e. The van der Waals surface area contributed by atoms with Gasteiger partial charge < -0.3 is 5.32 Å². The molecule has 0 spiro atoms. The highest BCUT2D eigenvalue weighted by molar-refractivity contribution is 5.53. The molecule has 2 heterocycles. The van der Waals surface area contributed by atoms with Gasteiger partial charge in [0.05, 0.1) is 0 Å². The molecule has 2 aromatic heterocycles. The molecule has 5 heteroatoms. The lowest BCUT2D eigenvalue weighted by Crippen LogP contribution is -2.14. The van der Waals surface area contributed by atoms with E-state index in [0.29, 0.717) is 11.8 Å². The van der Waals surface area contributed by atoms with Gasteiger partial charge in [-0.1, -0.05) is 6.42 Å². The van der Waals surface area contributed by atoms with E-state index >= 15 is 0 Å². The number of hydrogen-bond donors (Lipinski definition) is 1. The molecule has 0 aromatic carbocycles. The fourth-order valence-electron chi connectivity index (χ4n) is 2.94. The van der Waals surface area contributed by atoms with Crippen LogP contribution in [0.2, 0.25) is 0 Å². The molecule has 0 amide bonds. The first-order valence-corrected chi connectivity index (χ1v) is 7.85. The summed E-state index contributed by atoms with van der Waals surface area (Å²) in [5.74, 6) is 4.00. The van der Waals surface area contributed by atoms with Crippen molar-refractivity contribution in [1.29, 1.82) is 0 Å². The van der Waals surface area contributed by atoms with Crippen LogP contribution >= 0.6 is 0 Å². The highest BCUT2D eigenvalue weighted by atomic mass is 15.3. The number of nitrogens with zero attached hydrogens (tertiary/aromatic N) is 4. The van der Waals surface area contributed by atoms with Crippen LogP contribution in [0, 0.1) is 6.92 Å². The van der Waals surface area contributed by atoms with Crippen LogP contribution in [0.1, 0.15) is 61.2 Å². The minimum absolute atomic E-state index is 0.552. The molecular formula is C16H21N5. The van der Waals surface area contributed by atoms with Gasteiger partial charge in [0.2, 0.25) is 0 Å². The summed E-state index contributed by atoms with van der Waals surface area (Å²) in [7, 11) is 2.02. The Morgan fingerprint density at radius 1 is 1.05 bits per heavy atom. The van der Waals surface area contributed by atoms with Crippen LogP contribution in [-0.2, 0) is 7.05 Å². The van der Waals surface area contributed by atoms with Crippen LogP contribution in [0.15, 0.2) is 12.1 Å².